The lowest BCUT2D eigenvalue weighted by Gasteiger charge is -2.26. The number of ether oxygens (including phenoxy) is 1. The van der Waals surface area contributed by atoms with Crippen molar-refractivity contribution in [3.05, 3.63) is 35.9 Å². The molecule has 0 spiro atoms. The van der Waals surface area contributed by atoms with Crippen molar-refractivity contribution in [1.82, 2.24) is 9.80 Å². The van der Waals surface area contributed by atoms with Gasteiger partial charge < -0.3 is 19.8 Å². The molecule has 0 bridgehead atoms. The molecule has 2 rings (SSSR count). The van der Waals surface area contributed by atoms with Gasteiger partial charge in [0.15, 0.2) is 0 Å². The van der Waals surface area contributed by atoms with E-state index < -0.39 is 6.10 Å². The van der Waals surface area contributed by atoms with Crippen molar-refractivity contribution in [2.24, 2.45) is 5.92 Å². The summed E-state index contributed by atoms with van der Waals surface area (Å²) >= 11 is 0. The van der Waals surface area contributed by atoms with E-state index in [1.54, 1.807) is 0 Å². The topological polar surface area (TPSA) is 73.2 Å². The highest BCUT2D eigenvalue weighted by molar-refractivity contribution is 5.78. The molecule has 1 aliphatic heterocycles. The van der Waals surface area contributed by atoms with Gasteiger partial charge in [0.1, 0.15) is 0 Å². The van der Waals surface area contributed by atoms with E-state index in [1.165, 1.54) is 0 Å². The lowest BCUT2D eigenvalue weighted by Crippen LogP contribution is -2.41. The molecule has 1 saturated heterocycles. The first-order chi connectivity index (χ1) is 12.0. The largest absolute Gasteiger partial charge is 0.394 e. The summed E-state index contributed by atoms with van der Waals surface area (Å²) in [6.45, 7) is 6.68. The van der Waals surface area contributed by atoms with Gasteiger partial charge >= 0.3 is 0 Å². The Hall–Kier alpha value is -1.47. The summed E-state index contributed by atoms with van der Waals surface area (Å²) in [6.07, 6.45) is -0.976. The van der Waals surface area contributed by atoms with E-state index in [4.69, 9.17) is 9.84 Å². The summed E-state index contributed by atoms with van der Waals surface area (Å²) in [4.78, 5) is 16.3. The van der Waals surface area contributed by atoms with Crippen molar-refractivity contribution in [3.63, 3.8) is 0 Å². The average molecular weight is 350 g/mol. The Labute approximate surface area is 150 Å². The van der Waals surface area contributed by atoms with E-state index in [-0.39, 0.29) is 31.7 Å². The van der Waals surface area contributed by atoms with Crippen LogP contribution in [0, 0.1) is 5.92 Å². The first kappa shape index (κ1) is 19.8. The van der Waals surface area contributed by atoms with E-state index in [1.807, 2.05) is 40.1 Å². The molecule has 25 heavy (non-hydrogen) atoms. The number of benzene rings is 1. The van der Waals surface area contributed by atoms with Crippen LogP contribution in [0.15, 0.2) is 30.3 Å². The lowest BCUT2D eigenvalue weighted by molar-refractivity contribution is -0.132. The predicted octanol–water partition coefficient (Wildman–Crippen LogP) is 0.725. The van der Waals surface area contributed by atoms with Crippen molar-refractivity contribution in [2.45, 2.75) is 32.7 Å². The number of aliphatic hydroxyl groups is 2. The Kier molecular flexibility index (Phi) is 7.84. The van der Waals surface area contributed by atoms with Gasteiger partial charge in [0.25, 0.3) is 0 Å². The molecule has 0 aromatic heterocycles. The summed E-state index contributed by atoms with van der Waals surface area (Å²) in [5, 5.41) is 18.8. The maximum absolute atomic E-state index is 12.5. The molecule has 1 aliphatic rings. The van der Waals surface area contributed by atoms with E-state index in [0.717, 1.165) is 5.56 Å². The molecule has 1 aromatic rings. The number of aliphatic hydroxyl groups excluding tert-OH is 2. The van der Waals surface area contributed by atoms with Crippen LogP contribution in [-0.4, -0.2) is 77.5 Å². The van der Waals surface area contributed by atoms with Crippen LogP contribution >= 0.6 is 0 Å². The van der Waals surface area contributed by atoms with Crippen LogP contribution in [-0.2, 0) is 16.1 Å². The van der Waals surface area contributed by atoms with E-state index in [0.29, 0.717) is 32.2 Å². The van der Waals surface area contributed by atoms with Gasteiger partial charge in [-0.25, -0.2) is 0 Å². The Balaban J connectivity index is 2.03. The molecule has 0 saturated carbocycles. The number of amides is 1. The molecule has 1 aromatic carbocycles. The second kappa shape index (κ2) is 9.87. The van der Waals surface area contributed by atoms with E-state index >= 15 is 0 Å². The van der Waals surface area contributed by atoms with E-state index in [2.05, 4.69) is 13.8 Å². The number of nitrogens with zero attached hydrogens (tertiary/aromatic N) is 2. The number of rotatable bonds is 8. The monoisotopic (exact) mass is 350 g/mol. The van der Waals surface area contributed by atoms with Crippen molar-refractivity contribution in [1.29, 1.82) is 0 Å². The summed E-state index contributed by atoms with van der Waals surface area (Å²) in [7, 11) is 0. The molecule has 0 radical (unpaired) electrons. The molecular formula is C19H30N2O4. The Bertz CT molecular complexity index is 523. The lowest BCUT2D eigenvalue weighted by atomic mass is 10.2. The summed E-state index contributed by atoms with van der Waals surface area (Å²) in [5.41, 5.74) is 1.09. The molecule has 6 heteroatoms. The van der Waals surface area contributed by atoms with Crippen LogP contribution < -0.4 is 0 Å². The Morgan fingerprint density at radius 3 is 2.56 bits per heavy atom. The molecule has 1 amide bonds. The molecule has 0 aliphatic carbocycles. The van der Waals surface area contributed by atoms with Gasteiger partial charge in [-0.1, -0.05) is 44.2 Å². The molecule has 6 nitrogen and oxygen atoms in total. The average Bonchev–Trinajstić information content (AvgIpc) is 2.72. The van der Waals surface area contributed by atoms with Crippen molar-refractivity contribution >= 4 is 5.91 Å². The number of hydrogen-bond donors (Lipinski definition) is 2. The third-order valence-corrected chi connectivity index (χ3v) is 4.19. The fraction of sp³-hybridized carbons (Fsp3) is 0.632. The zero-order valence-electron chi connectivity index (χ0n) is 15.2. The Morgan fingerprint density at radius 1 is 1.20 bits per heavy atom. The van der Waals surface area contributed by atoms with Gasteiger partial charge in [-0.05, 0) is 11.5 Å². The second-order valence-corrected chi connectivity index (χ2v) is 7.14. The van der Waals surface area contributed by atoms with Crippen molar-refractivity contribution in [3.8, 4) is 0 Å². The van der Waals surface area contributed by atoms with Gasteiger partial charge in [-0.15, -0.1) is 0 Å². The summed E-state index contributed by atoms with van der Waals surface area (Å²) in [5.74, 6) is 0.429. The van der Waals surface area contributed by atoms with Crippen molar-refractivity contribution < 1.29 is 19.7 Å². The zero-order valence-corrected chi connectivity index (χ0v) is 15.2. The van der Waals surface area contributed by atoms with Gasteiger partial charge in [0, 0.05) is 26.2 Å². The van der Waals surface area contributed by atoms with Gasteiger partial charge in [-0.3, -0.25) is 9.69 Å². The normalized spacial score (nSPS) is 20.8. The second-order valence-electron chi connectivity index (χ2n) is 7.14. The molecule has 2 N–H and O–H groups in total. The summed E-state index contributed by atoms with van der Waals surface area (Å²) in [6, 6.07) is 9.95. The third-order valence-electron chi connectivity index (χ3n) is 4.19. The minimum absolute atomic E-state index is 0.0460. The fourth-order valence-corrected chi connectivity index (χ4v) is 3.05. The molecule has 0 unspecified atom stereocenters. The number of hydrogen-bond acceptors (Lipinski definition) is 5. The van der Waals surface area contributed by atoms with Gasteiger partial charge in [0.05, 0.1) is 32.0 Å². The van der Waals surface area contributed by atoms with Gasteiger partial charge in [-0.2, -0.15) is 0 Å². The molecule has 1 fully saturated rings. The molecular weight excluding hydrogens is 320 g/mol. The number of carbonyl (C=O) groups is 1. The van der Waals surface area contributed by atoms with Crippen LogP contribution in [0.4, 0.5) is 0 Å². The van der Waals surface area contributed by atoms with Crippen LogP contribution in [0.25, 0.3) is 0 Å². The van der Waals surface area contributed by atoms with Crippen LogP contribution in [0.5, 0.6) is 0 Å². The molecule has 140 valence electrons. The molecule has 1 heterocycles. The predicted molar refractivity (Wildman–Crippen MR) is 96.0 cm³/mol. The number of carbonyl (C=O) groups excluding carboxylic acids is 1. The minimum Gasteiger partial charge on any atom is -0.394 e. The first-order valence-corrected chi connectivity index (χ1v) is 8.92. The minimum atomic E-state index is -0.848. The number of β-amino-alcohol motifs (C(OH)–C–C–N with tert-alkyl or cyclic N) is 1. The van der Waals surface area contributed by atoms with Crippen LogP contribution in [0.1, 0.15) is 19.4 Å². The zero-order chi connectivity index (χ0) is 18.2. The molecule has 2 atom stereocenters. The van der Waals surface area contributed by atoms with Crippen molar-refractivity contribution in [2.75, 3.05) is 39.3 Å². The standard InChI is InChI=1S/C19H30N2O4/c1-15(2)8-21-11-18(25-14-16-6-4-3-5-7-16)10-20(12-19(21)24)9-17(23)13-22/h3-7,15,17-18,22-23H,8-14H2,1-2H3/t17-,18-/m0/s1. The van der Waals surface area contributed by atoms with E-state index in [9.17, 15) is 9.90 Å². The maximum Gasteiger partial charge on any atom is 0.236 e. The summed E-state index contributed by atoms with van der Waals surface area (Å²) < 4.78 is 6.07. The smallest absolute Gasteiger partial charge is 0.236 e. The third kappa shape index (κ3) is 6.74. The fourth-order valence-electron chi connectivity index (χ4n) is 3.05. The highest BCUT2D eigenvalue weighted by atomic mass is 16.5. The van der Waals surface area contributed by atoms with Crippen LogP contribution in [0.3, 0.4) is 0 Å². The SMILES string of the molecule is CC(C)CN1C[C@@H](OCc2ccccc2)CN(C[C@H](O)CO)CC1=O. The van der Waals surface area contributed by atoms with Gasteiger partial charge in [0.2, 0.25) is 5.91 Å². The quantitative estimate of drug-likeness (QED) is 0.723. The Morgan fingerprint density at radius 2 is 1.92 bits per heavy atom. The highest BCUT2D eigenvalue weighted by Crippen LogP contribution is 2.13. The highest BCUT2D eigenvalue weighted by Gasteiger charge is 2.29. The maximum atomic E-state index is 12.5. The first-order valence-electron chi connectivity index (χ1n) is 8.92. The van der Waals surface area contributed by atoms with Crippen LogP contribution in [0.2, 0.25) is 0 Å².